The first-order chi connectivity index (χ1) is 21.5. The molecule has 0 radical (unpaired) electrons. The van der Waals surface area contributed by atoms with Crippen LogP contribution in [0.2, 0.25) is 0 Å². The third-order valence-corrected chi connectivity index (χ3v) is 9.29. The van der Waals surface area contributed by atoms with E-state index in [1.165, 1.54) is 133 Å². The van der Waals surface area contributed by atoms with E-state index in [0.717, 1.165) is 44.8 Å². The van der Waals surface area contributed by atoms with Crippen LogP contribution >= 0.6 is 0 Å². The summed E-state index contributed by atoms with van der Waals surface area (Å²) >= 11 is 0. The number of hydrogen-bond acceptors (Lipinski definition) is 5. The first kappa shape index (κ1) is 42.9. The van der Waals surface area contributed by atoms with E-state index in [2.05, 4.69) is 13.8 Å². The molecule has 2 N–H and O–H groups in total. The summed E-state index contributed by atoms with van der Waals surface area (Å²) in [5, 5.41) is 20.3. The van der Waals surface area contributed by atoms with Gasteiger partial charge in [-0.05, 0) is 19.8 Å². The minimum Gasteiger partial charge on any atom is -0.449 e. The van der Waals surface area contributed by atoms with Gasteiger partial charge in [0, 0.05) is 24.9 Å². The zero-order valence-corrected chi connectivity index (χ0v) is 29.6. The third-order valence-electron chi connectivity index (χ3n) is 9.29. The Labute approximate surface area is 273 Å². The molecule has 1 amide bonds. The Morgan fingerprint density at radius 2 is 1.05 bits per heavy atom. The molecule has 6 nitrogen and oxygen atoms in total. The van der Waals surface area contributed by atoms with Crippen molar-refractivity contribution in [3.63, 3.8) is 0 Å². The van der Waals surface area contributed by atoms with E-state index in [9.17, 15) is 19.8 Å². The molecule has 0 rings (SSSR count). The van der Waals surface area contributed by atoms with Gasteiger partial charge in [-0.2, -0.15) is 0 Å². The minimum absolute atomic E-state index is 0.109. The number of unbranched alkanes of at least 4 members (excludes halogenated alkanes) is 23. The molecular formula is C38H75NO5. The van der Waals surface area contributed by atoms with Gasteiger partial charge in [0.05, 0.1) is 19.3 Å². The smallest absolute Gasteiger partial charge is 0.410 e. The molecule has 0 aromatic heterocycles. The second-order valence-electron chi connectivity index (χ2n) is 13.3. The summed E-state index contributed by atoms with van der Waals surface area (Å²) in [6.07, 6.45) is 32.2. The quantitative estimate of drug-likeness (QED) is 0.0549. The Bertz CT molecular complexity index is 614. The number of aliphatic hydroxyl groups is 2. The van der Waals surface area contributed by atoms with E-state index in [-0.39, 0.29) is 25.5 Å². The number of carbonyl (C=O) groups is 2. The van der Waals surface area contributed by atoms with Crippen LogP contribution in [-0.2, 0) is 9.53 Å². The van der Waals surface area contributed by atoms with E-state index in [1.807, 2.05) is 0 Å². The average Bonchev–Trinajstić information content (AvgIpc) is 3.01. The molecule has 0 aliphatic rings. The van der Waals surface area contributed by atoms with Gasteiger partial charge in [-0.3, -0.25) is 0 Å². The summed E-state index contributed by atoms with van der Waals surface area (Å²) in [6, 6.07) is -0.466. The second kappa shape index (κ2) is 33.2. The van der Waals surface area contributed by atoms with Crippen LogP contribution in [0.25, 0.3) is 0 Å². The number of ether oxygens (including phenoxy) is 1. The van der Waals surface area contributed by atoms with Gasteiger partial charge >= 0.3 is 6.09 Å². The van der Waals surface area contributed by atoms with E-state index >= 15 is 0 Å². The van der Waals surface area contributed by atoms with Gasteiger partial charge in [-0.15, -0.1) is 0 Å². The number of hydrogen-bond donors (Lipinski definition) is 2. The van der Waals surface area contributed by atoms with E-state index in [1.54, 1.807) is 6.92 Å². The van der Waals surface area contributed by atoms with Crippen molar-refractivity contribution in [3.8, 4) is 0 Å². The molecule has 0 saturated heterocycles. The highest BCUT2D eigenvalue weighted by Crippen LogP contribution is 2.26. The van der Waals surface area contributed by atoms with Crippen LogP contribution in [0.15, 0.2) is 0 Å². The number of aliphatic hydroxyl groups excluding tert-OH is 2. The molecule has 3 unspecified atom stereocenters. The zero-order valence-electron chi connectivity index (χ0n) is 29.6. The molecule has 44 heavy (non-hydrogen) atoms. The molecule has 0 aliphatic carbocycles. The Kier molecular flexibility index (Phi) is 32.4. The fourth-order valence-corrected chi connectivity index (χ4v) is 6.47. The zero-order chi connectivity index (χ0) is 32.5. The fourth-order valence-electron chi connectivity index (χ4n) is 6.47. The largest absolute Gasteiger partial charge is 0.449 e. The first-order valence-electron chi connectivity index (χ1n) is 19.2. The van der Waals surface area contributed by atoms with Gasteiger partial charge in [0.2, 0.25) is 0 Å². The Hall–Kier alpha value is -1.14. The van der Waals surface area contributed by atoms with Crippen molar-refractivity contribution in [2.45, 2.75) is 206 Å². The summed E-state index contributed by atoms with van der Waals surface area (Å²) in [4.78, 5) is 26.2. The molecule has 0 aromatic carbocycles. The predicted molar refractivity (Wildman–Crippen MR) is 186 cm³/mol. The Morgan fingerprint density at radius 3 is 1.41 bits per heavy atom. The number of rotatable bonds is 34. The second-order valence-corrected chi connectivity index (χ2v) is 13.3. The lowest BCUT2D eigenvalue weighted by Gasteiger charge is -2.37. The van der Waals surface area contributed by atoms with Crippen LogP contribution in [0.3, 0.4) is 0 Å². The maximum atomic E-state index is 13.1. The van der Waals surface area contributed by atoms with Crippen molar-refractivity contribution in [1.82, 2.24) is 4.90 Å². The summed E-state index contributed by atoms with van der Waals surface area (Å²) in [5.74, 6) is -0.223. The lowest BCUT2D eigenvalue weighted by atomic mass is 9.86. The molecule has 0 aliphatic heterocycles. The predicted octanol–water partition coefficient (Wildman–Crippen LogP) is 10.6. The monoisotopic (exact) mass is 626 g/mol. The van der Waals surface area contributed by atoms with Crippen LogP contribution in [0.1, 0.15) is 194 Å². The lowest BCUT2D eigenvalue weighted by molar-refractivity contribution is -0.109. The van der Waals surface area contributed by atoms with Crippen molar-refractivity contribution in [2.24, 2.45) is 5.92 Å². The SMILES string of the molecule is CCCCCCCCCCCCCCCCOC(=O)N(CCO)C(CC=O)C(CCCCCCCCCCCCC)C(C)O. The Balaban J connectivity index is 4.32. The highest BCUT2D eigenvalue weighted by Gasteiger charge is 2.33. The molecule has 0 aromatic rings. The van der Waals surface area contributed by atoms with Crippen molar-refractivity contribution in [3.05, 3.63) is 0 Å². The number of amides is 1. The summed E-state index contributed by atoms with van der Waals surface area (Å²) in [6.45, 7) is 6.52. The van der Waals surface area contributed by atoms with Crippen LogP contribution in [0, 0.1) is 5.92 Å². The standard InChI is InChI=1S/C38H75NO5/c1-4-6-8-10-12-14-16-17-18-20-22-24-26-28-34-44-38(43)39(31-33-41)37(30-32-40)36(35(3)42)29-27-25-23-21-19-15-13-11-9-7-5-2/h32,35-37,41-42H,4-31,33-34H2,1-3H3. The molecule has 0 fully saturated rings. The molecule has 3 atom stereocenters. The van der Waals surface area contributed by atoms with Gasteiger partial charge in [0.15, 0.2) is 0 Å². The molecule has 262 valence electrons. The van der Waals surface area contributed by atoms with Gasteiger partial charge in [0.25, 0.3) is 0 Å². The van der Waals surface area contributed by atoms with Crippen molar-refractivity contribution >= 4 is 12.4 Å². The molecule has 0 saturated carbocycles. The normalized spacial score (nSPS) is 13.5. The highest BCUT2D eigenvalue weighted by atomic mass is 16.6. The van der Waals surface area contributed by atoms with Crippen LogP contribution in [0.5, 0.6) is 0 Å². The van der Waals surface area contributed by atoms with Crippen LogP contribution < -0.4 is 0 Å². The fraction of sp³-hybridized carbons (Fsp3) is 0.947. The van der Waals surface area contributed by atoms with Gasteiger partial charge < -0.3 is 24.6 Å². The van der Waals surface area contributed by atoms with Crippen LogP contribution in [-0.4, -0.2) is 59.4 Å². The van der Waals surface area contributed by atoms with Crippen molar-refractivity contribution in [1.29, 1.82) is 0 Å². The minimum atomic E-state index is -0.650. The molecule has 0 spiro atoms. The molecule has 6 heteroatoms. The third kappa shape index (κ3) is 25.1. The van der Waals surface area contributed by atoms with E-state index in [4.69, 9.17) is 4.74 Å². The number of aldehydes is 1. The molecule has 0 heterocycles. The van der Waals surface area contributed by atoms with Crippen molar-refractivity contribution < 1.29 is 24.5 Å². The average molecular weight is 626 g/mol. The lowest BCUT2D eigenvalue weighted by Crippen LogP contribution is -2.49. The van der Waals surface area contributed by atoms with Crippen LogP contribution in [0.4, 0.5) is 4.79 Å². The topological polar surface area (TPSA) is 87.1 Å². The van der Waals surface area contributed by atoms with E-state index < -0.39 is 18.2 Å². The first-order valence-corrected chi connectivity index (χ1v) is 19.2. The van der Waals surface area contributed by atoms with Gasteiger partial charge in [0.1, 0.15) is 6.29 Å². The van der Waals surface area contributed by atoms with Gasteiger partial charge in [-0.1, -0.05) is 168 Å². The summed E-state index contributed by atoms with van der Waals surface area (Å²) in [5.41, 5.74) is 0. The summed E-state index contributed by atoms with van der Waals surface area (Å²) in [7, 11) is 0. The maximum Gasteiger partial charge on any atom is 0.410 e. The highest BCUT2D eigenvalue weighted by molar-refractivity contribution is 5.69. The molecule has 0 bridgehead atoms. The molecular weight excluding hydrogens is 550 g/mol. The van der Waals surface area contributed by atoms with E-state index in [0.29, 0.717) is 6.61 Å². The van der Waals surface area contributed by atoms with Gasteiger partial charge in [-0.25, -0.2) is 4.79 Å². The number of nitrogens with zero attached hydrogens (tertiary/aromatic N) is 1. The Morgan fingerprint density at radius 1 is 0.659 bits per heavy atom. The van der Waals surface area contributed by atoms with Crippen molar-refractivity contribution in [2.75, 3.05) is 19.8 Å². The number of carbonyl (C=O) groups excluding carboxylic acids is 2. The maximum absolute atomic E-state index is 13.1. The summed E-state index contributed by atoms with van der Waals surface area (Å²) < 4.78 is 5.61.